The number of fused-ring (bicyclic) bond motifs is 1. The van der Waals surface area contributed by atoms with Crippen LogP contribution in [0.25, 0.3) is 11.3 Å². The third-order valence-electron chi connectivity index (χ3n) is 4.79. The van der Waals surface area contributed by atoms with Crippen molar-refractivity contribution >= 4 is 21.7 Å². The Hall–Kier alpha value is -2.13. The Morgan fingerprint density at radius 2 is 1.96 bits per heavy atom. The van der Waals surface area contributed by atoms with Crippen LogP contribution in [-0.2, 0) is 27.6 Å². The molecule has 0 saturated carbocycles. The second-order valence-corrected chi connectivity index (χ2v) is 10.2. The van der Waals surface area contributed by atoms with Gasteiger partial charge in [0.1, 0.15) is 11.6 Å². The number of thiophene rings is 1. The van der Waals surface area contributed by atoms with E-state index in [1.807, 2.05) is 13.8 Å². The van der Waals surface area contributed by atoms with Crippen molar-refractivity contribution in [2.24, 2.45) is 0 Å². The summed E-state index contributed by atoms with van der Waals surface area (Å²) in [5.74, 6) is 1.09. The van der Waals surface area contributed by atoms with Crippen LogP contribution in [0, 0.1) is 0 Å². The molecule has 3 heterocycles. The summed E-state index contributed by atoms with van der Waals surface area (Å²) in [5.41, 5.74) is 3.31. The van der Waals surface area contributed by atoms with E-state index in [0.29, 0.717) is 17.2 Å². The minimum Gasteiger partial charge on any atom is -0.592 e. The van der Waals surface area contributed by atoms with Crippen molar-refractivity contribution in [1.82, 2.24) is 14.3 Å². The SMILES string of the molecule is CC(C)c1nc2c(c(-c3ccc(O)cc3)n1)CN([S+](=O)([O-])c1cccs1)CC2. The summed E-state index contributed by atoms with van der Waals surface area (Å²) in [6, 6.07) is 10.2. The Morgan fingerprint density at radius 3 is 2.61 bits per heavy atom. The fourth-order valence-electron chi connectivity index (χ4n) is 3.27. The zero-order valence-corrected chi connectivity index (χ0v) is 17.3. The van der Waals surface area contributed by atoms with E-state index >= 15 is 0 Å². The highest BCUT2D eigenvalue weighted by Gasteiger charge is 2.36. The Labute approximate surface area is 169 Å². The van der Waals surface area contributed by atoms with Gasteiger partial charge in [-0.15, -0.1) is 4.31 Å². The fourth-order valence-corrected chi connectivity index (χ4v) is 5.82. The van der Waals surface area contributed by atoms with Crippen LogP contribution in [0.1, 0.15) is 36.8 Å². The first-order valence-corrected chi connectivity index (χ1v) is 11.4. The molecule has 0 bridgehead atoms. The molecule has 0 spiro atoms. The van der Waals surface area contributed by atoms with Gasteiger partial charge in [0.15, 0.2) is 10.4 Å². The molecule has 146 valence electrons. The molecule has 3 aromatic rings. The van der Waals surface area contributed by atoms with Crippen molar-refractivity contribution in [2.45, 2.75) is 36.9 Å². The Bertz CT molecular complexity index is 1030. The van der Waals surface area contributed by atoms with Crippen LogP contribution in [0.5, 0.6) is 5.75 Å². The van der Waals surface area contributed by atoms with E-state index in [1.54, 1.807) is 41.8 Å². The lowest BCUT2D eigenvalue weighted by atomic mass is 9.99. The molecule has 1 atom stereocenters. The number of nitrogens with zero attached hydrogens (tertiary/aromatic N) is 3. The topological polar surface area (TPSA) is 89.4 Å². The molecule has 1 aromatic carbocycles. The second kappa shape index (κ2) is 7.36. The van der Waals surface area contributed by atoms with E-state index in [2.05, 4.69) is 0 Å². The van der Waals surface area contributed by atoms with Crippen molar-refractivity contribution < 1.29 is 13.9 Å². The van der Waals surface area contributed by atoms with Crippen LogP contribution in [0.2, 0.25) is 0 Å². The monoisotopic (exact) mass is 415 g/mol. The molecule has 1 aliphatic heterocycles. The van der Waals surface area contributed by atoms with Gasteiger partial charge in [-0.05, 0) is 35.7 Å². The summed E-state index contributed by atoms with van der Waals surface area (Å²) in [6.07, 6.45) is 0.549. The Kier molecular flexibility index (Phi) is 5.05. The molecule has 0 amide bonds. The lowest BCUT2D eigenvalue weighted by Crippen LogP contribution is -2.40. The quantitative estimate of drug-likeness (QED) is 0.651. The fraction of sp³-hybridized carbons (Fsp3) is 0.300. The molecule has 28 heavy (non-hydrogen) atoms. The van der Waals surface area contributed by atoms with Gasteiger partial charge < -0.3 is 9.66 Å². The van der Waals surface area contributed by atoms with Gasteiger partial charge in [0.05, 0.1) is 24.5 Å². The van der Waals surface area contributed by atoms with Gasteiger partial charge in [0.2, 0.25) is 4.21 Å². The predicted octanol–water partition coefficient (Wildman–Crippen LogP) is 4.00. The minimum atomic E-state index is -3.54. The third-order valence-corrected chi connectivity index (χ3v) is 8.01. The summed E-state index contributed by atoms with van der Waals surface area (Å²) >= 11 is 1.22. The predicted molar refractivity (Wildman–Crippen MR) is 109 cm³/mol. The van der Waals surface area contributed by atoms with Crippen LogP contribution in [0.3, 0.4) is 0 Å². The smallest absolute Gasteiger partial charge is 0.229 e. The minimum absolute atomic E-state index is 0.161. The Balaban J connectivity index is 1.80. The number of phenols is 1. The molecule has 4 rings (SSSR count). The second-order valence-electron chi connectivity index (χ2n) is 7.08. The molecule has 0 radical (unpaired) electrons. The molecular weight excluding hydrogens is 394 g/mol. The van der Waals surface area contributed by atoms with Crippen molar-refractivity contribution in [3.05, 3.63) is 58.9 Å². The van der Waals surface area contributed by atoms with Gasteiger partial charge >= 0.3 is 0 Å². The number of aromatic nitrogens is 2. The molecule has 2 aromatic heterocycles. The van der Waals surface area contributed by atoms with Crippen LogP contribution in [0.15, 0.2) is 46.0 Å². The summed E-state index contributed by atoms with van der Waals surface area (Å²) < 4.78 is 27.8. The highest BCUT2D eigenvalue weighted by Crippen LogP contribution is 2.35. The highest BCUT2D eigenvalue weighted by atomic mass is 32.3. The van der Waals surface area contributed by atoms with Crippen LogP contribution in [0.4, 0.5) is 0 Å². The molecule has 0 saturated heterocycles. The lowest BCUT2D eigenvalue weighted by molar-refractivity contribution is 0.338. The first-order chi connectivity index (χ1) is 13.4. The maximum atomic E-state index is 13.0. The number of benzene rings is 1. The van der Waals surface area contributed by atoms with E-state index < -0.39 is 10.4 Å². The number of hydrogen-bond acceptors (Lipinski definition) is 6. The Morgan fingerprint density at radius 1 is 1.21 bits per heavy atom. The normalized spacial score (nSPS) is 16.7. The molecule has 8 heteroatoms. The summed E-state index contributed by atoms with van der Waals surface area (Å²) in [4.78, 5) is 9.47. The van der Waals surface area contributed by atoms with Gasteiger partial charge in [0.25, 0.3) is 0 Å². The largest absolute Gasteiger partial charge is 0.592 e. The molecule has 0 fully saturated rings. The number of sulfonamides is 1. The zero-order valence-electron chi connectivity index (χ0n) is 15.7. The van der Waals surface area contributed by atoms with Crippen LogP contribution >= 0.6 is 11.3 Å². The molecule has 1 unspecified atom stereocenters. The number of aromatic hydroxyl groups is 1. The number of rotatable bonds is 4. The van der Waals surface area contributed by atoms with Crippen LogP contribution < -0.4 is 0 Å². The van der Waals surface area contributed by atoms with Crippen molar-refractivity contribution in [3.8, 4) is 17.0 Å². The highest BCUT2D eigenvalue weighted by molar-refractivity contribution is 7.97. The van der Waals surface area contributed by atoms with Gasteiger partial charge in [0, 0.05) is 29.5 Å². The standard InChI is InChI=1S/C20H21N3O3S2/c1-13(2)20-21-17-9-10-23(28(25,26)18-4-3-11-27-18)12-16(17)19(22-20)14-5-7-15(24)8-6-14/h3-8,11,13H,9-10,12H2,1-2H3,(H-,21,22,24,25,26). The van der Waals surface area contributed by atoms with E-state index in [4.69, 9.17) is 9.97 Å². The van der Waals surface area contributed by atoms with Crippen molar-refractivity contribution in [2.75, 3.05) is 6.54 Å². The maximum Gasteiger partial charge on any atom is 0.229 e. The van der Waals surface area contributed by atoms with Gasteiger partial charge in [-0.2, -0.15) is 0 Å². The summed E-state index contributed by atoms with van der Waals surface area (Å²) in [7, 11) is -3.54. The third kappa shape index (κ3) is 3.48. The average molecular weight is 416 g/mol. The maximum absolute atomic E-state index is 13.0. The first kappa shape index (κ1) is 19.2. The first-order valence-electron chi connectivity index (χ1n) is 9.09. The van der Waals surface area contributed by atoms with Crippen molar-refractivity contribution in [1.29, 1.82) is 0 Å². The molecule has 0 aliphatic carbocycles. The molecular formula is C20H21N3O3S2. The van der Waals surface area contributed by atoms with E-state index in [-0.39, 0.29) is 18.2 Å². The number of hydrogen-bond donors (Lipinski definition) is 1. The average Bonchev–Trinajstić information content (AvgIpc) is 3.23. The molecule has 1 aliphatic rings. The molecule has 1 N–H and O–H groups in total. The lowest BCUT2D eigenvalue weighted by Gasteiger charge is -2.31. The van der Waals surface area contributed by atoms with E-state index in [0.717, 1.165) is 28.3 Å². The van der Waals surface area contributed by atoms with Crippen LogP contribution in [-0.4, -0.2) is 30.5 Å². The van der Waals surface area contributed by atoms with Gasteiger partial charge in [-0.1, -0.05) is 29.4 Å². The van der Waals surface area contributed by atoms with Gasteiger partial charge in [-0.3, -0.25) is 0 Å². The molecule has 6 nitrogen and oxygen atoms in total. The summed E-state index contributed by atoms with van der Waals surface area (Å²) in [5, 5.41) is 11.4. The van der Waals surface area contributed by atoms with E-state index in [9.17, 15) is 13.9 Å². The zero-order chi connectivity index (χ0) is 19.9. The summed E-state index contributed by atoms with van der Waals surface area (Å²) in [6.45, 7) is 4.72. The van der Waals surface area contributed by atoms with E-state index in [1.165, 1.54) is 15.6 Å². The van der Waals surface area contributed by atoms with Gasteiger partial charge in [-0.25, -0.2) is 9.97 Å². The number of phenolic OH excluding ortho intramolecular Hbond substituents is 1. The van der Waals surface area contributed by atoms with Crippen molar-refractivity contribution in [3.63, 3.8) is 0 Å².